The lowest BCUT2D eigenvalue weighted by Gasteiger charge is -2.25. The highest BCUT2D eigenvalue weighted by molar-refractivity contribution is 8.06. The van der Waals surface area contributed by atoms with Gasteiger partial charge in [0.1, 0.15) is 0 Å². The highest BCUT2D eigenvalue weighted by atomic mass is 35.5. The van der Waals surface area contributed by atoms with Gasteiger partial charge in [-0.3, -0.25) is 4.79 Å². The van der Waals surface area contributed by atoms with Crippen LogP contribution >= 0.6 is 35.9 Å². The average molecular weight is 297 g/mol. The fraction of sp³-hybridized carbons (Fsp3) is 0.909. The molecule has 1 unspecified atom stereocenters. The Morgan fingerprint density at radius 3 is 2.65 bits per heavy atom. The molecule has 17 heavy (non-hydrogen) atoms. The van der Waals surface area contributed by atoms with Gasteiger partial charge in [0, 0.05) is 29.1 Å². The molecule has 0 bridgehead atoms. The lowest BCUT2D eigenvalue weighted by atomic mass is 9.98. The number of hydrogen-bond acceptors (Lipinski definition) is 4. The maximum Gasteiger partial charge on any atom is 0.240 e. The van der Waals surface area contributed by atoms with Gasteiger partial charge in [0.25, 0.3) is 0 Å². The lowest BCUT2D eigenvalue weighted by molar-refractivity contribution is -0.126. The van der Waals surface area contributed by atoms with E-state index in [-0.39, 0.29) is 18.3 Å². The molecule has 0 spiro atoms. The van der Waals surface area contributed by atoms with Gasteiger partial charge in [-0.25, -0.2) is 0 Å². The van der Waals surface area contributed by atoms with Crippen LogP contribution in [0.15, 0.2) is 0 Å². The topological polar surface area (TPSA) is 55.1 Å². The lowest BCUT2D eigenvalue weighted by Crippen LogP contribution is -2.53. The maximum atomic E-state index is 12.0. The fourth-order valence-corrected chi connectivity index (χ4v) is 4.88. The van der Waals surface area contributed by atoms with Crippen LogP contribution in [0, 0.1) is 0 Å². The number of amides is 1. The minimum atomic E-state index is -0.563. The normalized spacial score (nSPS) is 27.2. The van der Waals surface area contributed by atoms with Crippen LogP contribution in [-0.4, -0.2) is 40.5 Å². The van der Waals surface area contributed by atoms with E-state index in [2.05, 4.69) is 5.32 Å². The Labute approximate surface area is 118 Å². The van der Waals surface area contributed by atoms with E-state index in [0.29, 0.717) is 5.25 Å². The largest absolute Gasteiger partial charge is 0.353 e. The molecule has 2 rings (SSSR count). The van der Waals surface area contributed by atoms with Crippen molar-refractivity contribution in [2.45, 2.75) is 36.5 Å². The third-order valence-corrected chi connectivity index (χ3v) is 6.17. The van der Waals surface area contributed by atoms with Gasteiger partial charge in [-0.1, -0.05) is 12.8 Å². The zero-order valence-electron chi connectivity index (χ0n) is 9.94. The summed E-state index contributed by atoms with van der Waals surface area (Å²) in [4.78, 5) is 12.0. The third kappa shape index (κ3) is 4.23. The van der Waals surface area contributed by atoms with Gasteiger partial charge >= 0.3 is 0 Å². The second-order valence-corrected chi connectivity index (χ2v) is 7.20. The minimum Gasteiger partial charge on any atom is -0.353 e. The fourth-order valence-electron chi connectivity index (χ4n) is 2.27. The Morgan fingerprint density at radius 1 is 1.35 bits per heavy atom. The van der Waals surface area contributed by atoms with Crippen LogP contribution in [0.3, 0.4) is 0 Å². The molecule has 0 aromatic heterocycles. The van der Waals surface area contributed by atoms with E-state index >= 15 is 0 Å². The Balaban J connectivity index is 0.00000144. The van der Waals surface area contributed by atoms with Crippen molar-refractivity contribution in [2.75, 3.05) is 23.8 Å². The molecule has 1 heterocycles. The summed E-state index contributed by atoms with van der Waals surface area (Å²) in [6.45, 7) is 0.787. The summed E-state index contributed by atoms with van der Waals surface area (Å²) in [5.41, 5.74) is 5.53. The number of carbonyl (C=O) groups excluding carboxylic acids is 1. The first-order valence-electron chi connectivity index (χ1n) is 5.97. The molecular weight excluding hydrogens is 276 g/mol. The Kier molecular flexibility index (Phi) is 6.48. The predicted octanol–water partition coefficient (Wildman–Crippen LogP) is 1.64. The highest BCUT2D eigenvalue weighted by Gasteiger charge is 2.36. The number of halogens is 1. The van der Waals surface area contributed by atoms with E-state index < -0.39 is 5.54 Å². The summed E-state index contributed by atoms with van der Waals surface area (Å²) in [6, 6.07) is 0. The number of nitrogens with two attached hydrogens (primary N) is 1. The van der Waals surface area contributed by atoms with E-state index in [1.54, 1.807) is 0 Å². The summed E-state index contributed by atoms with van der Waals surface area (Å²) in [5.74, 6) is 3.68. The number of nitrogens with one attached hydrogen (secondary N) is 1. The molecule has 3 N–H and O–H groups in total. The number of hydrogen-bond donors (Lipinski definition) is 2. The standard InChI is InChI=1S/C11H20N2OS2.ClH/c12-11(3-1-2-4-11)10(14)13-7-9-8-15-5-6-16-9;/h9H,1-8,12H2,(H,13,14);1H. The molecule has 0 aromatic rings. The molecule has 1 aliphatic carbocycles. The number of rotatable bonds is 3. The molecule has 1 saturated carbocycles. The molecule has 2 fully saturated rings. The zero-order chi connectivity index (χ0) is 11.4. The van der Waals surface area contributed by atoms with Gasteiger partial charge in [0.2, 0.25) is 5.91 Å². The van der Waals surface area contributed by atoms with E-state index in [0.717, 1.165) is 38.0 Å². The molecule has 100 valence electrons. The van der Waals surface area contributed by atoms with E-state index in [9.17, 15) is 4.79 Å². The first kappa shape index (κ1) is 15.5. The molecule has 0 radical (unpaired) electrons. The summed E-state index contributed by atoms with van der Waals surface area (Å²) >= 11 is 3.95. The molecule has 2 aliphatic rings. The van der Waals surface area contributed by atoms with E-state index in [4.69, 9.17) is 5.73 Å². The van der Waals surface area contributed by atoms with Crippen LogP contribution in [0.1, 0.15) is 25.7 Å². The Hall–Kier alpha value is 0.420. The van der Waals surface area contributed by atoms with E-state index in [1.807, 2.05) is 23.5 Å². The first-order valence-corrected chi connectivity index (χ1v) is 8.18. The Morgan fingerprint density at radius 2 is 2.06 bits per heavy atom. The van der Waals surface area contributed by atoms with Crippen LogP contribution in [0.4, 0.5) is 0 Å². The third-order valence-electron chi connectivity index (χ3n) is 3.32. The van der Waals surface area contributed by atoms with Gasteiger partial charge in [0.15, 0.2) is 0 Å². The van der Waals surface area contributed by atoms with Gasteiger partial charge in [0.05, 0.1) is 5.54 Å². The molecular formula is C11H21ClN2OS2. The summed E-state index contributed by atoms with van der Waals surface area (Å²) in [6.07, 6.45) is 3.90. The Bertz CT molecular complexity index is 254. The van der Waals surface area contributed by atoms with E-state index in [1.165, 1.54) is 11.5 Å². The summed E-state index contributed by atoms with van der Waals surface area (Å²) in [5, 5.41) is 3.61. The van der Waals surface area contributed by atoms with Crippen LogP contribution in [-0.2, 0) is 4.79 Å². The minimum absolute atomic E-state index is 0. The molecule has 3 nitrogen and oxygen atoms in total. The van der Waals surface area contributed by atoms with Crippen molar-refractivity contribution in [1.82, 2.24) is 5.32 Å². The smallest absolute Gasteiger partial charge is 0.240 e. The molecule has 1 aliphatic heterocycles. The van der Waals surface area contributed by atoms with Gasteiger partial charge in [-0.05, 0) is 12.8 Å². The number of carbonyl (C=O) groups is 1. The second-order valence-electron chi connectivity index (χ2n) is 4.64. The summed E-state index contributed by atoms with van der Waals surface area (Å²) in [7, 11) is 0. The van der Waals surface area contributed by atoms with Gasteiger partial charge < -0.3 is 11.1 Å². The van der Waals surface area contributed by atoms with Crippen molar-refractivity contribution in [3.63, 3.8) is 0 Å². The molecule has 1 atom stereocenters. The van der Waals surface area contributed by atoms with Crippen LogP contribution in [0.25, 0.3) is 0 Å². The molecule has 1 saturated heterocycles. The molecule has 0 aromatic carbocycles. The van der Waals surface area contributed by atoms with Crippen molar-refractivity contribution in [3.8, 4) is 0 Å². The van der Waals surface area contributed by atoms with Crippen LogP contribution in [0.2, 0.25) is 0 Å². The molecule has 6 heteroatoms. The second kappa shape index (κ2) is 7.12. The van der Waals surface area contributed by atoms with Crippen molar-refractivity contribution < 1.29 is 4.79 Å². The maximum absolute atomic E-state index is 12.0. The van der Waals surface area contributed by atoms with Crippen molar-refractivity contribution in [1.29, 1.82) is 0 Å². The van der Waals surface area contributed by atoms with Crippen LogP contribution in [0.5, 0.6) is 0 Å². The average Bonchev–Trinajstić information content (AvgIpc) is 2.76. The summed E-state index contributed by atoms with van der Waals surface area (Å²) < 4.78 is 0. The monoisotopic (exact) mass is 296 g/mol. The first-order chi connectivity index (χ1) is 7.71. The quantitative estimate of drug-likeness (QED) is 0.831. The molecule has 1 amide bonds. The van der Waals surface area contributed by atoms with Crippen molar-refractivity contribution in [3.05, 3.63) is 0 Å². The van der Waals surface area contributed by atoms with Crippen LogP contribution < -0.4 is 11.1 Å². The number of thioether (sulfide) groups is 2. The van der Waals surface area contributed by atoms with Crippen molar-refractivity contribution >= 4 is 41.8 Å². The van der Waals surface area contributed by atoms with Gasteiger partial charge in [-0.15, -0.1) is 12.4 Å². The zero-order valence-corrected chi connectivity index (χ0v) is 12.4. The SMILES string of the molecule is Cl.NC1(C(=O)NCC2CSCCS2)CCCC1. The predicted molar refractivity (Wildman–Crippen MR) is 79.2 cm³/mol. The van der Waals surface area contributed by atoms with Crippen molar-refractivity contribution in [2.24, 2.45) is 5.73 Å². The highest BCUT2D eigenvalue weighted by Crippen LogP contribution is 2.28. The van der Waals surface area contributed by atoms with Gasteiger partial charge in [-0.2, -0.15) is 23.5 Å².